The highest BCUT2D eigenvalue weighted by Crippen LogP contribution is 2.19. The van der Waals surface area contributed by atoms with Gasteiger partial charge in [0.1, 0.15) is 0 Å². The molecule has 0 heterocycles. The van der Waals surface area contributed by atoms with Crippen LogP contribution >= 0.6 is 11.8 Å². The first-order valence-corrected chi connectivity index (χ1v) is 9.63. The van der Waals surface area contributed by atoms with E-state index in [0.29, 0.717) is 17.8 Å². The number of hydrogen-bond acceptors (Lipinski definition) is 3. The maximum Gasteiger partial charge on any atom is 0.251 e. The molecule has 4 nitrogen and oxygen atoms in total. The van der Waals surface area contributed by atoms with Gasteiger partial charge in [0.25, 0.3) is 5.91 Å². The van der Waals surface area contributed by atoms with Crippen LogP contribution in [-0.2, 0) is 4.79 Å². The molecule has 2 rings (SSSR count). The Morgan fingerprint density at radius 2 is 1.73 bits per heavy atom. The molecule has 0 aromatic heterocycles. The van der Waals surface area contributed by atoms with Crippen molar-refractivity contribution in [3.63, 3.8) is 0 Å². The summed E-state index contributed by atoms with van der Waals surface area (Å²) in [4.78, 5) is 25.6. The summed E-state index contributed by atoms with van der Waals surface area (Å²) in [5.41, 5.74) is 1.93. The molecule has 2 aromatic rings. The largest absolute Gasteiger partial charge is 0.351 e. The van der Waals surface area contributed by atoms with Crippen molar-refractivity contribution in [3.8, 4) is 0 Å². The lowest BCUT2D eigenvalue weighted by Gasteiger charge is -2.18. The molecule has 0 unspecified atom stereocenters. The van der Waals surface area contributed by atoms with Gasteiger partial charge in [-0.2, -0.15) is 0 Å². The molecule has 26 heavy (non-hydrogen) atoms. The summed E-state index contributed by atoms with van der Waals surface area (Å²) in [5.74, 6) is 0.584. The van der Waals surface area contributed by atoms with E-state index in [9.17, 15) is 9.59 Å². The van der Waals surface area contributed by atoms with E-state index < -0.39 is 5.41 Å². The first-order chi connectivity index (χ1) is 12.3. The predicted octanol–water partition coefficient (Wildman–Crippen LogP) is 4.50. The van der Waals surface area contributed by atoms with Crippen LogP contribution in [0.15, 0.2) is 53.4 Å². The normalized spacial score (nSPS) is 11.1. The third-order valence-electron chi connectivity index (χ3n) is 3.74. The van der Waals surface area contributed by atoms with Crippen molar-refractivity contribution in [2.24, 2.45) is 5.41 Å². The molecule has 0 aliphatic heterocycles. The van der Waals surface area contributed by atoms with E-state index in [1.165, 1.54) is 10.5 Å². The Labute approximate surface area is 159 Å². The van der Waals surface area contributed by atoms with E-state index in [1.54, 1.807) is 36.0 Å². The average molecular weight is 371 g/mol. The predicted molar refractivity (Wildman–Crippen MR) is 109 cm³/mol. The second-order valence-corrected chi connectivity index (χ2v) is 8.37. The van der Waals surface area contributed by atoms with Gasteiger partial charge in [-0.1, -0.05) is 44.5 Å². The van der Waals surface area contributed by atoms with Gasteiger partial charge in [-0.3, -0.25) is 9.59 Å². The lowest BCUT2D eigenvalue weighted by Crippen LogP contribution is -2.28. The van der Waals surface area contributed by atoms with E-state index in [0.717, 1.165) is 5.75 Å². The third kappa shape index (κ3) is 6.23. The fraction of sp³-hybridized carbons (Fsp3) is 0.333. The quantitative estimate of drug-likeness (QED) is 0.581. The van der Waals surface area contributed by atoms with Crippen LogP contribution in [0.4, 0.5) is 5.69 Å². The monoisotopic (exact) mass is 370 g/mol. The van der Waals surface area contributed by atoms with Crippen LogP contribution in [-0.4, -0.2) is 24.1 Å². The molecule has 0 atom stereocenters. The number of hydrogen-bond donors (Lipinski definition) is 2. The molecular formula is C21H26N2O2S. The molecule has 0 saturated carbocycles. The molecule has 0 radical (unpaired) electrons. The minimum absolute atomic E-state index is 0.0791. The van der Waals surface area contributed by atoms with Crippen LogP contribution in [0.25, 0.3) is 0 Å². The third-order valence-corrected chi connectivity index (χ3v) is 4.75. The number of benzene rings is 2. The Hall–Kier alpha value is -2.27. The number of anilines is 1. The second-order valence-electron chi connectivity index (χ2n) is 7.20. The zero-order valence-corrected chi connectivity index (χ0v) is 16.6. The van der Waals surface area contributed by atoms with Crippen LogP contribution in [0.3, 0.4) is 0 Å². The number of carbonyl (C=O) groups excluding carboxylic acids is 2. The molecule has 5 heteroatoms. The lowest BCUT2D eigenvalue weighted by atomic mass is 9.95. The fourth-order valence-corrected chi connectivity index (χ4v) is 2.90. The van der Waals surface area contributed by atoms with E-state index in [4.69, 9.17) is 0 Å². The molecule has 2 amide bonds. The van der Waals surface area contributed by atoms with Gasteiger partial charge in [-0.15, -0.1) is 11.8 Å². The molecule has 0 saturated heterocycles. The number of nitrogens with one attached hydrogen (secondary N) is 2. The summed E-state index contributed by atoms with van der Waals surface area (Å²) in [6.45, 7) is 8.20. The van der Waals surface area contributed by atoms with E-state index in [-0.39, 0.29) is 11.8 Å². The summed E-state index contributed by atoms with van der Waals surface area (Å²) in [6.07, 6.45) is 0. The standard InChI is InChI=1S/C21H26N2O2S/c1-15-8-10-18(11-9-15)26-13-12-22-19(24)16-6-5-7-17(14-16)23-20(25)21(2,3)4/h5-11,14H,12-13H2,1-4H3,(H,22,24)(H,23,25). The van der Waals surface area contributed by atoms with E-state index in [1.807, 2.05) is 20.8 Å². The van der Waals surface area contributed by atoms with Gasteiger partial charge < -0.3 is 10.6 Å². The van der Waals surface area contributed by atoms with Gasteiger partial charge >= 0.3 is 0 Å². The van der Waals surface area contributed by atoms with Crippen LogP contribution in [0.5, 0.6) is 0 Å². The van der Waals surface area contributed by atoms with Gasteiger partial charge in [-0.05, 0) is 37.3 Å². The summed E-state index contributed by atoms with van der Waals surface area (Å²) >= 11 is 1.71. The SMILES string of the molecule is Cc1ccc(SCCNC(=O)c2cccc(NC(=O)C(C)(C)C)c2)cc1. The van der Waals surface area contributed by atoms with Gasteiger partial charge in [0.2, 0.25) is 5.91 Å². The van der Waals surface area contributed by atoms with Crippen molar-refractivity contribution < 1.29 is 9.59 Å². The Morgan fingerprint density at radius 1 is 1.04 bits per heavy atom. The number of rotatable bonds is 6. The zero-order valence-electron chi connectivity index (χ0n) is 15.8. The highest BCUT2D eigenvalue weighted by Gasteiger charge is 2.21. The summed E-state index contributed by atoms with van der Waals surface area (Å²) in [6, 6.07) is 15.3. The first kappa shape index (κ1) is 20.0. The van der Waals surface area contributed by atoms with Crippen LogP contribution in [0, 0.1) is 12.3 Å². The topological polar surface area (TPSA) is 58.2 Å². The van der Waals surface area contributed by atoms with Gasteiger partial charge in [0, 0.05) is 33.9 Å². The minimum atomic E-state index is -0.481. The maximum atomic E-state index is 12.3. The number of aryl methyl sites for hydroxylation is 1. The summed E-state index contributed by atoms with van der Waals surface area (Å²) in [5, 5.41) is 5.77. The summed E-state index contributed by atoms with van der Waals surface area (Å²) in [7, 11) is 0. The molecule has 0 fully saturated rings. The van der Waals surface area contributed by atoms with E-state index >= 15 is 0 Å². The van der Waals surface area contributed by atoms with Crippen molar-refractivity contribution in [3.05, 3.63) is 59.7 Å². The molecule has 0 spiro atoms. The maximum absolute atomic E-state index is 12.3. The van der Waals surface area contributed by atoms with Crippen molar-refractivity contribution in [1.82, 2.24) is 5.32 Å². The van der Waals surface area contributed by atoms with Crippen molar-refractivity contribution in [1.29, 1.82) is 0 Å². The molecule has 2 N–H and O–H groups in total. The van der Waals surface area contributed by atoms with Crippen LogP contribution in [0.2, 0.25) is 0 Å². The number of carbonyl (C=O) groups is 2. The highest BCUT2D eigenvalue weighted by molar-refractivity contribution is 7.99. The molecule has 2 aromatic carbocycles. The average Bonchev–Trinajstić information content (AvgIpc) is 2.59. The highest BCUT2D eigenvalue weighted by atomic mass is 32.2. The minimum Gasteiger partial charge on any atom is -0.351 e. The number of thioether (sulfide) groups is 1. The first-order valence-electron chi connectivity index (χ1n) is 8.65. The van der Waals surface area contributed by atoms with Gasteiger partial charge in [-0.25, -0.2) is 0 Å². The van der Waals surface area contributed by atoms with Gasteiger partial charge in [0.15, 0.2) is 0 Å². The molecule has 138 valence electrons. The van der Waals surface area contributed by atoms with Gasteiger partial charge in [0.05, 0.1) is 0 Å². The molecule has 0 aliphatic rings. The molecular weight excluding hydrogens is 344 g/mol. The van der Waals surface area contributed by atoms with Crippen molar-refractivity contribution in [2.75, 3.05) is 17.6 Å². The second kappa shape index (κ2) is 8.90. The fourth-order valence-electron chi connectivity index (χ4n) is 2.13. The van der Waals surface area contributed by atoms with Crippen molar-refractivity contribution >= 4 is 29.3 Å². The Bertz CT molecular complexity index is 764. The van der Waals surface area contributed by atoms with Crippen molar-refractivity contribution in [2.45, 2.75) is 32.6 Å². The Kier molecular flexibility index (Phi) is 6.86. The smallest absolute Gasteiger partial charge is 0.251 e. The Morgan fingerprint density at radius 3 is 2.38 bits per heavy atom. The summed E-state index contributed by atoms with van der Waals surface area (Å²) < 4.78 is 0. The Balaban J connectivity index is 1.84. The molecule has 0 bridgehead atoms. The van der Waals surface area contributed by atoms with E-state index in [2.05, 4.69) is 41.8 Å². The number of amides is 2. The van der Waals surface area contributed by atoms with Crippen LogP contribution < -0.4 is 10.6 Å². The van der Waals surface area contributed by atoms with Crippen LogP contribution in [0.1, 0.15) is 36.7 Å². The molecule has 0 aliphatic carbocycles. The zero-order chi connectivity index (χ0) is 19.2. The lowest BCUT2D eigenvalue weighted by molar-refractivity contribution is -0.123.